The molecule has 0 aliphatic carbocycles. The van der Waals surface area contributed by atoms with E-state index in [0.717, 1.165) is 62.1 Å². The maximum absolute atomic E-state index is 11.2. The predicted molar refractivity (Wildman–Crippen MR) is 156 cm³/mol. The molecule has 2 heterocycles. The van der Waals surface area contributed by atoms with E-state index in [4.69, 9.17) is 25.4 Å². The second kappa shape index (κ2) is 14.3. The van der Waals surface area contributed by atoms with Gasteiger partial charge in [0.05, 0.1) is 36.6 Å². The predicted octanol–water partition coefficient (Wildman–Crippen LogP) is 4.76. The number of nitrogens with one attached hydrogen (secondary N) is 1. The van der Waals surface area contributed by atoms with Crippen LogP contribution >= 0.6 is 0 Å². The Labute approximate surface area is 240 Å². The van der Waals surface area contributed by atoms with Crippen LogP contribution in [0.25, 0.3) is 22.4 Å². The fraction of sp³-hybridized carbons (Fsp3) is 0.387. The van der Waals surface area contributed by atoms with Crippen molar-refractivity contribution in [3.63, 3.8) is 0 Å². The highest BCUT2D eigenvalue weighted by atomic mass is 16.5. The molecule has 0 radical (unpaired) electrons. The molecule has 1 amide bonds. The topological polar surface area (TPSA) is 154 Å². The fourth-order valence-corrected chi connectivity index (χ4v) is 4.93. The van der Waals surface area contributed by atoms with E-state index < -0.39 is 0 Å². The van der Waals surface area contributed by atoms with E-state index in [1.165, 1.54) is 7.11 Å². The van der Waals surface area contributed by atoms with Crippen LogP contribution in [0.5, 0.6) is 17.2 Å². The molecule has 10 nitrogen and oxygen atoms in total. The van der Waals surface area contributed by atoms with Crippen molar-refractivity contribution >= 4 is 11.7 Å². The van der Waals surface area contributed by atoms with Gasteiger partial charge in [-0.15, -0.1) is 0 Å². The Hall–Kier alpha value is -4.33. The molecular weight excluding hydrogens is 522 g/mol. The number of aromatic nitrogens is 1. The van der Waals surface area contributed by atoms with Crippen molar-refractivity contribution in [3.8, 4) is 45.7 Å². The minimum atomic E-state index is -0.382. The lowest BCUT2D eigenvalue weighted by Crippen LogP contribution is -2.40. The smallest absolute Gasteiger partial charge is 0.243 e. The third kappa shape index (κ3) is 7.66. The Kier molecular flexibility index (Phi) is 10.4. The zero-order valence-electron chi connectivity index (χ0n) is 23.3. The number of nitrogens with zero attached hydrogens (tertiary/aromatic N) is 3. The van der Waals surface area contributed by atoms with E-state index in [-0.39, 0.29) is 24.1 Å². The quantitative estimate of drug-likeness (QED) is 0.140. The molecule has 0 atom stereocenters. The molecule has 1 saturated heterocycles. The Morgan fingerprint density at radius 3 is 2.44 bits per heavy atom. The Morgan fingerprint density at radius 2 is 1.78 bits per heavy atom. The molecule has 0 spiro atoms. The maximum Gasteiger partial charge on any atom is 0.243 e. The number of rotatable bonds is 12. The summed E-state index contributed by atoms with van der Waals surface area (Å²) in [5.41, 5.74) is 11.3. The van der Waals surface area contributed by atoms with Crippen molar-refractivity contribution in [1.29, 1.82) is 5.26 Å². The molecule has 2 aromatic carbocycles. The summed E-state index contributed by atoms with van der Waals surface area (Å²) in [4.78, 5) is 18.6. The summed E-state index contributed by atoms with van der Waals surface area (Å²) < 4.78 is 11.7. The van der Waals surface area contributed by atoms with Gasteiger partial charge in [-0.1, -0.05) is 31.0 Å². The van der Waals surface area contributed by atoms with Crippen molar-refractivity contribution in [2.24, 2.45) is 5.73 Å². The number of piperidine rings is 1. The first kappa shape index (κ1) is 29.6. The summed E-state index contributed by atoms with van der Waals surface area (Å²) >= 11 is 0. The Balaban J connectivity index is 1.71. The molecule has 216 valence electrons. The standard InChI is InChI=1S/C31H37N5O5/c1-40-26-12-11-23(18-25(26)37)30-27(41-17-5-3-2-4-6-29(38)35-39)19-28(36-15-13-24(33)14-16-36)34-31(30)22-9-7-21(20-32)8-10-22/h7-12,18-19,24,37,39H,2-6,13-17,33H2,1H3,(H,35,38). The summed E-state index contributed by atoms with van der Waals surface area (Å²) in [5, 5.41) is 28.6. The first-order valence-corrected chi connectivity index (χ1v) is 13.9. The number of aromatic hydroxyl groups is 1. The first-order chi connectivity index (χ1) is 19.9. The number of ether oxygens (including phenoxy) is 2. The lowest BCUT2D eigenvalue weighted by molar-refractivity contribution is -0.129. The van der Waals surface area contributed by atoms with Crippen molar-refractivity contribution < 1.29 is 24.6 Å². The monoisotopic (exact) mass is 559 g/mol. The molecule has 0 bridgehead atoms. The lowest BCUT2D eigenvalue weighted by atomic mass is 9.96. The number of methoxy groups -OCH3 is 1. The van der Waals surface area contributed by atoms with Gasteiger partial charge in [-0.2, -0.15) is 5.26 Å². The van der Waals surface area contributed by atoms with Crippen LogP contribution in [0.15, 0.2) is 48.5 Å². The van der Waals surface area contributed by atoms with Gasteiger partial charge in [0, 0.05) is 37.2 Å². The normalized spacial score (nSPS) is 13.5. The van der Waals surface area contributed by atoms with Crippen molar-refractivity contribution in [3.05, 3.63) is 54.1 Å². The number of carbonyl (C=O) groups excluding carboxylic acids is 1. The number of pyridine rings is 1. The van der Waals surface area contributed by atoms with Crippen molar-refractivity contribution in [1.82, 2.24) is 10.5 Å². The highest BCUT2D eigenvalue weighted by Gasteiger charge is 2.23. The molecule has 1 aromatic heterocycles. The lowest BCUT2D eigenvalue weighted by Gasteiger charge is -2.32. The summed E-state index contributed by atoms with van der Waals surface area (Å²) in [6.45, 7) is 2.01. The molecule has 1 fully saturated rings. The van der Waals surface area contributed by atoms with Crippen LogP contribution in [-0.4, -0.2) is 54.1 Å². The molecule has 3 aromatic rings. The van der Waals surface area contributed by atoms with Crippen LogP contribution in [0, 0.1) is 11.3 Å². The van der Waals surface area contributed by atoms with E-state index in [9.17, 15) is 15.2 Å². The SMILES string of the molecule is COc1ccc(-c2c(OCCCCCCC(=O)NO)cc(N3CCC(N)CC3)nc2-c2ccc(C#N)cc2)cc1O. The number of nitriles is 1. The van der Waals surface area contributed by atoms with Crippen molar-refractivity contribution in [2.75, 3.05) is 31.7 Å². The molecule has 0 saturated carbocycles. The minimum absolute atomic E-state index is 0.00254. The summed E-state index contributed by atoms with van der Waals surface area (Å²) in [7, 11) is 1.50. The summed E-state index contributed by atoms with van der Waals surface area (Å²) in [6.07, 6.45) is 5.17. The number of hydrogen-bond donors (Lipinski definition) is 4. The van der Waals surface area contributed by atoms with E-state index in [2.05, 4.69) is 11.0 Å². The van der Waals surface area contributed by atoms with Gasteiger partial charge in [-0.3, -0.25) is 10.0 Å². The number of hydroxylamine groups is 1. The highest BCUT2D eigenvalue weighted by Crippen LogP contribution is 2.43. The van der Waals surface area contributed by atoms with Gasteiger partial charge in [0.1, 0.15) is 11.6 Å². The number of nitrogens with two attached hydrogens (primary N) is 1. The zero-order chi connectivity index (χ0) is 29.2. The van der Waals surface area contributed by atoms with Gasteiger partial charge < -0.3 is 25.2 Å². The number of amides is 1. The van der Waals surface area contributed by atoms with E-state index in [1.54, 1.807) is 29.7 Å². The fourth-order valence-electron chi connectivity index (χ4n) is 4.93. The average molecular weight is 560 g/mol. The molecule has 41 heavy (non-hydrogen) atoms. The van der Waals surface area contributed by atoms with Gasteiger partial charge >= 0.3 is 0 Å². The zero-order valence-corrected chi connectivity index (χ0v) is 23.3. The third-order valence-corrected chi connectivity index (χ3v) is 7.27. The molecule has 1 aliphatic rings. The molecule has 10 heteroatoms. The Bertz CT molecular complexity index is 1360. The number of carbonyl (C=O) groups is 1. The number of anilines is 1. The van der Waals surface area contributed by atoms with Gasteiger partial charge in [-0.25, -0.2) is 10.5 Å². The van der Waals surface area contributed by atoms with E-state index in [1.807, 2.05) is 24.3 Å². The van der Waals surface area contributed by atoms with Crippen molar-refractivity contribution in [2.45, 2.75) is 51.0 Å². The number of phenolic OH excluding ortho intramolecular Hbond substituents is 1. The molecule has 0 unspecified atom stereocenters. The molecule has 4 rings (SSSR count). The number of phenols is 1. The molecular formula is C31H37N5O5. The average Bonchev–Trinajstić information content (AvgIpc) is 3.00. The third-order valence-electron chi connectivity index (χ3n) is 7.27. The van der Waals surface area contributed by atoms with Gasteiger partial charge in [0.2, 0.25) is 5.91 Å². The largest absolute Gasteiger partial charge is 0.504 e. The van der Waals surface area contributed by atoms with Crippen LogP contribution < -0.4 is 25.6 Å². The second-order valence-electron chi connectivity index (χ2n) is 10.2. The summed E-state index contributed by atoms with van der Waals surface area (Å²) in [5.74, 6) is 1.39. The number of unbranched alkanes of at least 4 members (excludes halogenated alkanes) is 3. The molecule has 1 aliphatic heterocycles. The minimum Gasteiger partial charge on any atom is -0.504 e. The van der Waals surface area contributed by atoms with Crippen LogP contribution in [-0.2, 0) is 4.79 Å². The van der Waals surface area contributed by atoms with Gasteiger partial charge in [0.25, 0.3) is 0 Å². The van der Waals surface area contributed by atoms with Crippen LogP contribution in [0.4, 0.5) is 5.82 Å². The number of hydrogen-bond acceptors (Lipinski definition) is 9. The Morgan fingerprint density at radius 1 is 1.07 bits per heavy atom. The van der Waals surface area contributed by atoms with Crippen LogP contribution in [0.1, 0.15) is 50.5 Å². The second-order valence-corrected chi connectivity index (χ2v) is 10.2. The maximum atomic E-state index is 11.2. The first-order valence-electron chi connectivity index (χ1n) is 13.9. The van der Waals surface area contributed by atoms with E-state index in [0.29, 0.717) is 41.3 Å². The van der Waals surface area contributed by atoms with Gasteiger partial charge in [-0.05, 0) is 55.5 Å². The van der Waals surface area contributed by atoms with Gasteiger partial charge in [0.15, 0.2) is 11.5 Å². The number of benzene rings is 2. The highest BCUT2D eigenvalue weighted by molar-refractivity contribution is 5.87. The van der Waals surface area contributed by atoms with E-state index >= 15 is 0 Å². The molecule has 5 N–H and O–H groups in total. The van der Waals surface area contributed by atoms with Crippen LogP contribution in [0.2, 0.25) is 0 Å². The summed E-state index contributed by atoms with van der Waals surface area (Å²) in [6, 6.07) is 16.8. The van der Waals surface area contributed by atoms with Crippen LogP contribution in [0.3, 0.4) is 0 Å².